The summed E-state index contributed by atoms with van der Waals surface area (Å²) in [5.41, 5.74) is 2.36. The van der Waals surface area contributed by atoms with Crippen molar-refractivity contribution in [1.82, 2.24) is 15.0 Å². The average molecular weight is 347 g/mol. The topological polar surface area (TPSA) is 58.8 Å². The molecule has 2 heterocycles. The number of rotatable bonds is 4. The molecule has 0 radical (unpaired) electrons. The predicted octanol–water partition coefficient (Wildman–Crippen LogP) is 2.40. The fraction of sp³-hybridized carbons (Fsp3) is 0.444. The lowest BCUT2D eigenvalue weighted by Crippen LogP contribution is -2.48. The molecule has 1 amide bonds. The number of aromatic nitrogens is 1. The number of hydrogen-bond acceptors (Lipinski definition) is 5. The van der Waals surface area contributed by atoms with Gasteiger partial charge >= 0.3 is 0 Å². The number of hydrogen-bond donors (Lipinski definition) is 0. The van der Waals surface area contributed by atoms with Crippen molar-refractivity contribution in [1.29, 1.82) is 0 Å². The van der Waals surface area contributed by atoms with Gasteiger partial charge in [0, 0.05) is 43.9 Å². The number of carbonyl (C=O) groups is 1. The van der Waals surface area contributed by atoms with E-state index in [0.717, 1.165) is 36.7 Å². The Morgan fingerprint density at radius 2 is 2.00 bits per heavy atom. The van der Waals surface area contributed by atoms with E-state index in [2.05, 4.69) is 10.1 Å². The first-order valence-corrected chi connectivity index (χ1v) is 8.26. The highest BCUT2D eigenvalue weighted by Gasteiger charge is 2.24. The van der Waals surface area contributed by atoms with Crippen molar-refractivity contribution in [2.75, 3.05) is 33.3 Å². The molecule has 6 nitrogen and oxygen atoms in total. The molecule has 7 heteroatoms. The third kappa shape index (κ3) is 3.66. The first kappa shape index (κ1) is 17.4. The van der Waals surface area contributed by atoms with Crippen LogP contribution in [0, 0.1) is 19.7 Å². The monoisotopic (exact) mass is 347 g/mol. The zero-order valence-corrected chi connectivity index (χ0v) is 14.7. The third-order valence-electron chi connectivity index (χ3n) is 4.62. The van der Waals surface area contributed by atoms with Gasteiger partial charge in [0.25, 0.3) is 5.91 Å². The maximum Gasteiger partial charge on any atom is 0.254 e. The van der Waals surface area contributed by atoms with Gasteiger partial charge in [-0.15, -0.1) is 0 Å². The largest absolute Gasteiger partial charge is 0.494 e. The highest BCUT2D eigenvalue weighted by Crippen LogP contribution is 2.20. The number of halogens is 1. The van der Waals surface area contributed by atoms with Gasteiger partial charge in [-0.05, 0) is 32.0 Å². The molecule has 1 aliphatic rings. The highest BCUT2D eigenvalue weighted by atomic mass is 19.1. The number of nitrogens with zero attached hydrogens (tertiary/aromatic N) is 3. The summed E-state index contributed by atoms with van der Waals surface area (Å²) < 4.78 is 23.9. The molecule has 1 saturated heterocycles. The summed E-state index contributed by atoms with van der Waals surface area (Å²) in [6.07, 6.45) is 0. The molecule has 1 aromatic carbocycles. The summed E-state index contributed by atoms with van der Waals surface area (Å²) in [5.74, 6) is 0.300. The quantitative estimate of drug-likeness (QED) is 0.850. The Labute approximate surface area is 146 Å². The van der Waals surface area contributed by atoms with E-state index < -0.39 is 5.82 Å². The molecule has 0 aliphatic carbocycles. The van der Waals surface area contributed by atoms with Crippen molar-refractivity contribution >= 4 is 5.91 Å². The van der Waals surface area contributed by atoms with Crippen molar-refractivity contribution in [3.8, 4) is 5.75 Å². The maximum atomic E-state index is 13.8. The van der Waals surface area contributed by atoms with Gasteiger partial charge in [0.2, 0.25) is 0 Å². The summed E-state index contributed by atoms with van der Waals surface area (Å²) >= 11 is 0. The standard InChI is InChI=1S/C18H22FN3O3/c1-12-15(13(2)25-20-12)11-21-6-8-22(9-7-21)18(23)14-4-5-17(24-3)16(19)10-14/h4-5,10H,6-9,11H2,1-3H3. The molecular weight excluding hydrogens is 325 g/mol. The number of benzene rings is 1. The molecule has 0 N–H and O–H groups in total. The van der Waals surface area contributed by atoms with Crippen LogP contribution in [0.1, 0.15) is 27.4 Å². The Bertz CT molecular complexity index is 747. The van der Waals surface area contributed by atoms with E-state index in [0.29, 0.717) is 18.7 Å². The number of carbonyl (C=O) groups excluding carboxylic acids is 1. The lowest BCUT2D eigenvalue weighted by molar-refractivity contribution is 0.0627. The zero-order valence-electron chi connectivity index (χ0n) is 14.7. The third-order valence-corrected chi connectivity index (χ3v) is 4.62. The van der Waals surface area contributed by atoms with Crippen LogP contribution >= 0.6 is 0 Å². The minimum Gasteiger partial charge on any atom is -0.494 e. The summed E-state index contributed by atoms with van der Waals surface area (Å²) in [5, 5.41) is 3.97. The van der Waals surface area contributed by atoms with Gasteiger partial charge < -0.3 is 14.2 Å². The van der Waals surface area contributed by atoms with Crippen LogP contribution in [0.3, 0.4) is 0 Å². The number of methoxy groups -OCH3 is 1. The van der Waals surface area contributed by atoms with Gasteiger partial charge in [-0.3, -0.25) is 9.69 Å². The first-order valence-electron chi connectivity index (χ1n) is 8.26. The Balaban J connectivity index is 1.60. The van der Waals surface area contributed by atoms with E-state index in [1.807, 2.05) is 13.8 Å². The van der Waals surface area contributed by atoms with Crippen molar-refractivity contribution in [3.05, 3.63) is 46.6 Å². The molecule has 0 saturated carbocycles. The van der Waals surface area contributed by atoms with E-state index in [4.69, 9.17) is 9.26 Å². The fourth-order valence-electron chi connectivity index (χ4n) is 3.04. The van der Waals surface area contributed by atoms with Crippen LogP contribution in [0.2, 0.25) is 0 Å². The van der Waals surface area contributed by atoms with Gasteiger partial charge in [-0.25, -0.2) is 4.39 Å². The van der Waals surface area contributed by atoms with Crippen LogP contribution in [0.5, 0.6) is 5.75 Å². The van der Waals surface area contributed by atoms with Crippen LogP contribution in [0.25, 0.3) is 0 Å². The van der Waals surface area contributed by atoms with E-state index in [1.54, 1.807) is 11.0 Å². The predicted molar refractivity (Wildman–Crippen MR) is 90.1 cm³/mol. The Kier molecular flexibility index (Phi) is 5.03. The van der Waals surface area contributed by atoms with Gasteiger partial charge in [0.05, 0.1) is 12.8 Å². The summed E-state index contributed by atoms with van der Waals surface area (Å²) in [4.78, 5) is 16.6. The molecule has 2 aromatic rings. The van der Waals surface area contributed by atoms with Gasteiger partial charge in [-0.1, -0.05) is 5.16 Å². The molecule has 0 spiro atoms. The number of piperazine rings is 1. The molecule has 0 bridgehead atoms. The van der Waals surface area contributed by atoms with E-state index >= 15 is 0 Å². The second kappa shape index (κ2) is 7.23. The SMILES string of the molecule is COc1ccc(C(=O)N2CCN(Cc3c(C)noc3C)CC2)cc1F. The van der Waals surface area contributed by atoms with E-state index in [-0.39, 0.29) is 11.7 Å². The van der Waals surface area contributed by atoms with Crippen molar-refractivity contribution < 1.29 is 18.4 Å². The molecular formula is C18H22FN3O3. The lowest BCUT2D eigenvalue weighted by atomic mass is 10.1. The Morgan fingerprint density at radius 3 is 2.56 bits per heavy atom. The summed E-state index contributed by atoms with van der Waals surface area (Å²) in [6.45, 7) is 7.34. The van der Waals surface area contributed by atoms with E-state index in [1.165, 1.54) is 19.2 Å². The minimum absolute atomic E-state index is 0.140. The van der Waals surface area contributed by atoms with Crippen LogP contribution in [0.4, 0.5) is 4.39 Å². The summed E-state index contributed by atoms with van der Waals surface area (Å²) in [6, 6.07) is 4.31. The highest BCUT2D eigenvalue weighted by molar-refractivity contribution is 5.94. The lowest BCUT2D eigenvalue weighted by Gasteiger charge is -2.34. The van der Waals surface area contributed by atoms with E-state index in [9.17, 15) is 9.18 Å². The Hall–Kier alpha value is -2.41. The molecule has 1 aliphatic heterocycles. The smallest absolute Gasteiger partial charge is 0.254 e. The molecule has 0 atom stereocenters. The van der Waals surface area contributed by atoms with Crippen LogP contribution < -0.4 is 4.74 Å². The van der Waals surface area contributed by atoms with Crippen molar-refractivity contribution in [3.63, 3.8) is 0 Å². The normalized spacial score (nSPS) is 15.4. The molecule has 25 heavy (non-hydrogen) atoms. The van der Waals surface area contributed by atoms with Crippen LogP contribution in [-0.4, -0.2) is 54.2 Å². The molecule has 3 rings (SSSR count). The average Bonchev–Trinajstić information content (AvgIpc) is 2.93. The second-order valence-corrected chi connectivity index (χ2v) is 6.22. The summed E-state index contributed by atoms with van der Waals surface area (Å²) in [7, 11) is 1.40. The molecule has 134 valence electrons. The van der Waals surface area contributed by atoms with Crippen LogP contribution in [-0.2, 0) is 6.54 Å². The zero-order chi connectivity index (χ0) is 18.0. The van der Waals surface area contributed by atoms with Gasteiger partial charge in [0.1, 0.15) is 5.76 Å². The minimum atomic E-state index is -0.523. The number of aryl methyl sites for hydroxylation is 2. The van der Waals surface area contributed by atoms with Gasteiger partial charge in [-0.2, -0.15) is 0 Å². The van der Waals surface area contributed by atoms with Crippen LogP contribution in [0.15, 0.2) is 22.7 Å². The second-order valence-electron chi connectivity index (χ2n) is 6.22. The first-order chi connectivity index (χ1) is 12.0. The number of amides is 1. The Morgan fingerprint density at radius 1 is 1.28 bits per heavy atom. The molecule has 1 fully saturated rings. The fourth-order valence-corrected chi connectivity index (χ4v) is 3.04. The molecule has 1 aromatic heterocycles. The number of ether oxygens (including phenoxy) is 1. The van der Waals surface area contributed by atoms with Crippen molar-refractivity contribution in [2.45, 2.75) is 20.4 Å². The van der Waals surface area contributed by atoms with Gasteiger partial charge in [0.15, 0.2) is 11.6 Å². The van der Waals surface area contributed by atoms with Crippen molar-refractivity contribution in [2.24, 2.45) is 0 Å². The molecule has 0 unspecified atom stereocenters. The maximum absolute atomic E-state index is 13.8.